The van der Waals surface area contributed by atoms with Crippen molar-refractivity contribution in [1.82, 2.24) is 24.8 Å². The van der Waals surface area contributed by atoms with Gasteiger partial charge in [-0.3, -0.25) is 9.59 Å². The van der Waals surface area contributed by atoms with Gasteiger partial charge in [-0.05, 0) is 37.8 Å². The molecule has 138 valence electrons. The van der Waals surface area contributed by atoms with Crippen molar-refractivity contribution in [3.8, 4) is 11.4 Å². The van der Waals surface area contributed by atoms with Crippen LogP contribution in [0.4, 0.5) is 0 Å². The molecule has 2 atom stereocenters. The molecule has 2 unspecified atom stereocenters. The smallest absolute Gasteiger partial charge is 0.279 e. The number of aromatic amines is 1. The lowest BCUT2D eigenvalue weighted by Gasteiger charge is -2.41. The van der Waals surface area contributed by atoms with E-state index in [1.165, 1.54) is 31.7 Å². The predicted octanol–water partition coefficient (Wildman–Crippen LogP) is 1.99. The highest BCUT2D eigenvalue weighted by Gasteiger charge is 2.33. The lowest BCUT2D eigenvalue weighted by atomic mass is 9.84. The number of H-pyrrole nitrogens is 1. The highest BCUT2D eigenvalue weighted by Crippen LogP contribution is 2.33. The lowest BCUT2D eigenvalue weighted by molar-refractivity contribution is 0.189. The Balaban J connectivity index is 1.70. The summed E-state index contributed by atoms with van der Waals surface area (Å²) in [7, 11) is 0. The zero-order valence-electron chi connectivity index (χ0n) is 14.9. The summed E-state index contributed by atoms with van der Waals surface area (Å²) < 4.78 is 1.91. The van der Waals surface area contributed by atoms with Crippen molar-refractivity contribution in [3.05, 3.63) is 57.4 Å². The van der Waals surface area contributed by atoms with E-state index >= 15 is 0 Å². The summed E-state index contributed by atoms with van der Waals surface area (Å²) in [6.07, 6.45) is 8.13. The first-order chi connectivity index (χ1) is 13.2. The fourth-order valence-corrected chi connectivity index (χ4v) is 4.60. The average Bonchev–Trinajstić information content (AvgIpc) is 2.68. The highest BCUT2D eigenvalue weighted by molar-refractivity contribution is 5.77. The third-order valence-electron chi connectivity index (χ3n) is 5.76. The molecule has 0 radical (unpaired) electrons. The van der Waals surface area contributed by atoms with E-state index in [0.29, 0.717) is 17.8 Å². The molecule has 7 heteroatoms. The SMILES string of the molecule is O=c1cnc(-c2nc3ccccc3n(C3CC4CCCC(C3)N4)c2=O)c[nH]1. The van der Waals surface area contributed by atoms with Gasteiger partial charge >= 0.3 is 0 Å². The first kappa shape index (κ1) is 16.4. The maximum absolute atomic E-state index is 13.4. The van der Waals surface area contributed by atoms with Crippen LogP contribution in [-0.4, -0.2) is 31.6 Å². The Bertz CT molecular complexity index is 1090. The molecule has 2 N–H and O–H groups in total. The van der Waals surface area contributed by atoms with Gasteiger partial charge in [0.15, 0.2) is 5.69 Å². The fraction of sp³-hybridized carbons (Fsp3) is 0.400. The number of fused-ring (bicyclic) bond motifs is 3. The molecule has 5 rings (SSSR count). The van der Waals surface area contributed by atoms with E-state index in [2.05, 4.69) is 20.3 Å². The summed E-state index contributed by atoms with van der Waals surface area (Å²) in [5, 5.41) is 3.69. The molecule has 2 bridgehead atoms. The first-order valence-electron chi connectivity index (χ1n) is 9.51. The van der Waals surface area contributed by atoms with E-state index in [1.54, 1.807) is 0 Å². The van der Waals surface area contributed by atoms with Gasteiger partial charge in [-0.2, -0.15) is 0 Å². The summed E-state index contributed by atoms with van der Waals surface area (Å²) >= 11 is 0. The molecule has 2 aliphatic rings. The third kappa shape index (κ3) is 2.88. The van der Waals surface area contributed by atoms with Crippen molar-refractivity contribution in [2.45, 2.75) is 50.2 Å². The molecule has 0 aliphatic carbocycles. The van der Waals surface area contributed by atoms with E-state index in [-0.39, 0.29) is 22.9 Å². The van der Waals surface area contributed by atoms with Crippen molar-refractivity contribution in [3.63, 3.8) is 0 Å². The van der Waals surface area contributed by atoms with Crippen LogP contribution in [-0.2, 0) is 0 Å². The molecule has 27 heavy (non-hydrogen) atoms. The normalized spacial score (nSPS) is 24.8. The second-order valence-corrected chi connectivity index (χ2v) is 7.54. The van der Waals surface area contributed by atoms with Gasteiger partial charge in [0.1, 0.15) is 5.69 Å². The molecule has 4 heterocycles. The van der Waals surface area contributed by atoms with Crippen LogP contribution in [0.25, 0.3) is 22.4 Å². The molecule has 2 fully saturated rings. The Morgan fingerprint density at radius 1 is 1.07 bits per heavy atom. The van der Waals surface area contributed by atoms with Gasteiger partial charge in [0.05, 0.1) is 17.2 Å². The summed E-state index contributed by atoms with van der Waals surface area (Å²) in [5.74, 6) is 0. The first-order valence-corrected chi connectivity index (χ1v) is 9.51. The molecule has 2 aliphatic heterocycles. The molecule has 2 aromatic heterocycles. The summed E-state index contributed by atoms with van der Waals surface area (Å²) in [6, 6.07) is 8.83. The van der Waals surface area contributed by atoms with Crippen LogP contribution in [0.5, 0.6) is 0 Å². The van der Waals surface area contributed by atoms with Crippen molar-refractivity contribution in [2.75, 3.05) is 0 Å². The highest BCUT2D eigenvalue weighted by atomic mass is 16.1. The number of nitrogens with one attached hydrogen (secondary N) is 2. The minimum atomic E-state index is -0.300. The largest absolute Gasteiger partial charge is 0.326 e. The third-order valence-corrected chi connectivity index (χ3v) is 5.76. The van der Waals surface area contributed by atoms with Crippen molar-refractivity contribution >= 4 is 11.0 Å². The molecule has 7 nitrogen and oxygen atoms in total. The van der Waals surface area contributed by atoms with Crippen molar-refractivity contribution in [1.29, 1.82) is 0 Å². The topological polar surface area (TPSA) is 92.7 Å². The summed E-state index contributed by atoms with van der Waals surface area (Å²) in [6.45, 7) is 0. The monoisotopic (exact) mass is 363 g/mol. The Labute approximate surface area is 155 Å². The van der Waals surface area contributed by atoms with Gasteiger partial charge in [0, 0.05) is 24.3 Å². The van der Waals surface area contributed by atoms with Gasteiger partial charge < -0.3 is 14.9 Å². The van der Waals surface area contributed by atoms with Crippen LogP contribution in [0.3, 0.4) is 0 Å². The minimum Gasteiger partial charge on any atom is -0.326 e. The Morgan fingerprint density at radius 2 is 1.85 bits per heavy atom. The van der Waals surface area contributed by atoms with E-state index in [0.717, 1.165) is 23.9 Å². The van der Waals surface area contributed by atoms with E-state index < -0.39 is 0 Å². The van der Waals surface area contributed by atoms with Crippen molar-refractivity contribution in [2.24, 2.45) is 0 Å². The molecular formula is C20H21N5O2. The van der Waals surface area contributed by atoms with Gasteiger partial charge in [-0.15, -0.1) is 0 Å². The molecule has 0 saturated carbocycles. The minimum absolute atomic E-state index is 0.141. The molecule has 0 spiro atoms. The van der Waals surface area contributed by atoms with Crippen LogP contribution in [0.2, 0.25) is 0 Å². The second kappa shape index (κ2) is 6.42. The van der Waals surface area contributed by atoms with Crippen LogP contribution >= 0.6 is 0 Å². The lowest BCUT2D eigenvalue weighted by Crippen LogP contribution is -2.50. The second-order valence-electron chi connectivity index (χ2n) is 7.54. The molecule has 2 saturated heterocycles. The fourth-order valence-electron chi connectivity index (χ4n) is 4.60. The predicted molar refractivity (Wildman–Crippen MR) is 103 cm³/mol. The maximum atomic E-state index is 13.4. The number of para-hydroxylation sites is 2. The van der Waals surface area contributed by atoms with Crippen LogP contribution in [0.1, 0.15) is 38.1 Å². The maximum Gasteiger partial charge on any atom is 0.279 e. The standard InChI is InChI=1S/C20H21N5O2/c26-18-11-21-16(10-22-18)19-20(27)25(17-7-2-1-6-15(17)24-19)14-8-12-4-3-5-13(9-14)23-12/h1-2,6-7,10-14,23H,3-5,8-9H2,(H,22,26). The number of nitrogens with zero attached hydrogens (tertiary/aromatic N) is 3. The van der Waals surface area contributed by atoms with Gasteiger partial charge in [0.2, 0.25) is 0 Å². The number of piperidine rings is 2. The zero-order chi connectivity index (χ0) is 18.4. The Morgan fingerprint density at radius 3 is 2.59 bits per heavy atom. The van der Waals surface area contributed by atoms with Crippen molar-refractivity contribution < 1.29 is 0 Å². The van der Waals surface area contributed by atoms with Crippen LogP contribution < -0.4 is 16.4 Å². The number of aromatic nitrogens is 4. The van der Waals surface area contributed by atoms with Crippen LogP contribution in [0, 0.1) is 0 Å². The summed E-state index contributed by atoms with van der Waals surface area (Å²) in [4.78, 5) is 36.1. The quantitative estimate of drug-likeness (QED) is 0.726. The molecule has 1 aromatic carbocycles. The van der Waals surface area contributed by atoms with Gasteiger partial charge in [0.25, 0.3) is 11.1 Å². The average molecular weight is 363 g/mol. The number of hydrogen-bond acceptors (Lipinski definition) is 5. The molecule has 3 aromatic rings. The van der Waals surface area contributed by atoms with E-state index in [9.17, 15) is 9.59 Å². The zero-order valence-corrected chi connectivity index (χ0v) is 14.9. The van der Waals surface area contributed by atoms with E-state index in [4.69, 9.17) is 0 Å². The Hall–Kier alpha value is -2.80. The van der Waals surface area contributed by atoms with Gasteiger partial charge in [-0.1, -0.05) is 18.6 Å². The molecule has 0 amide bonds. The van der Waals surface area contributed by atoms with E-state index in [1.807, 2.05) is 28.8 Å². The number of benzene rings is 1. The Kier molecular flexibility index (Phi) is 3.89. The number of hydrogen-bond donors (Lipinski definition) is 2. The number of rotatable bonds is 2. The van der Waals surface area contributed by atoms with Crippen LogP contribution in [0.15, 0.2) is 46.2 Å². The summed E-state index contributed by atoms with van der Waals surface area (Å²) in [5.41, 5.74) is 1.87. The molecular weight excluding hydrogens is 342 g/mol. The van der Waals surface area contributed by atoms with Gasteiger partial charge in [-0.25, -0.2) is 9.97 Å².